The lowest BCUT2D eigenvalue weighted by molar-refractivity contribution is 0.700. The minimum Gasteiger partial charge on any atom is -0.312 e. The van der Waals surface area contributed by atoms with Gasteiger partial charge in [-0.25, -0.2) is 0 Å². The molecule has 0 saturated heterocycles. The molecule has 1 heterocycles. The van der Waals surface area contributed by atoms with E-state index in [4.69, 9.17) is 11.6 Å². The van der Waals surface area contributed by atoms with Crippen molar-refractivity contribution in [2.24, 2.45) is 7.05 Å². The summed E-state index contributed by atoms with van der Waals surface area (Å²) in [4.78, 5) is 0. The average Bonchev–Trinajstić information content (AvgIpc) is 2.52. The molecule has 0 aliphatic rings. The lowest BCUT2D eigenvalue weighted by Crippen LogP contribution is -2.17. The first-order valence-electron chi connectivity index (χ1n) is 5.48. The molecule has 1 rings (SSSR count). The summed E-state index contributed by atoms with van der Waals surface area (Å²) < 4.78 is 1.75. The normalized spacial score (nSPS) is 11.4. The van der Waals surface area contributed by atoms with E-state index in [2.05, 4.69) is 30.5 Å². The van der Waals surface area contributed by atoms with Gasteiger partial charge in [-0.05, 0) is 12.2 Å². The molecule has 0 aromatic carbocycles. The van der Waals surface area contributed by atoms with Crippen LogP contribution in [0.25, 0.3) is 0 Å². The Balaban J connectivity index is 2.69. The second kappa shape index (κ2) is 6.52. The monoisotopic (exact) mass is 261 g/mol. The second-order valence-corrected chi connectivity index (χ2v) is 5.45. The van der Waals surface area contributed by atoms with E-state index < -0.39 is 0 Å². The van der Waals surface area contributed by atoms with Gasteiger partial charge in [-0.3, -0.25) is 4.68 Å². The zero-order valence-corrected chi connectivity index (χ0v) is 12.0. The van der Waals surface area contributed by atoms with Gasteiger partial charge in [-0.15, -0.1) is 0 Å². The van der Waals surface area contributed by atoms with E-state index in [9.17, 15) is 0 Å². The van der Waals surface area contributed by atoms with Crippen LogP contribution in [0.4, 0.5) is 0 Å². The molecule has 0 fully saturated rings. The Morgan fingerprint density at radius 2 is 2.19 bits per heavy atom. The van der Waals surface area contributed by atoms with Crippen molar-refractivity contribution >= 4 is 23.4 Å². The Labute approximate surface area is 107 Å². The summed E-state index contributed by atoms with van der Waals surface area (Å²) in [6.07, 6.45) is 2.11. The predicted molar refractivity (Wildman–Crippen MR) is 72.4 cm³/mol. The molecule has 3 nitrogen and oxygen atoms in total. The van der Waals surface area contributed by atoms with Gasteiger partial charge in [-0.1, -0.05) is 25.4 Å². The molecule has 0 aliphatic heterocycles. The van der Waals surface area contributed by atoms with Gasteiger partial charge in [0.05, 0.1) is 5.69 Å². The Morgan fingerprint density at radius 1 is 1.50 bits per heavy atom. The predicted octanol–water partition coefficient (Wildman–Crippen LogP) is 2.65. The van der Waals surface area contributed by atoms with Gasteiger partial charge in [0.25, 0.3) is 0 Å². The lowest BCUT2D eigenvalue weighted by Gasteiger charge is -2.07. The van der Waals surface area contributed by atoms with Crippen LogP contribution in [0.15, 0.2) is 0 Å². The molecule has 1 N–H and O–H groups in total. The molecule has 0 saturated carbocycles. The largest absolute Gasteiger partial charge is 0.312 e. The fourth-order valence-electron chi connectivity index (χ4n) is 1.58. The third-order valence-corrected chi connectivity index (χ3v) is 3.52. The SMILES string of the molecule is CSCCNCc1c(C(C)C)nn(C)c1Cl. The molecule has 0 radical (unpaired) electrons. The molecule has 16 heavy (non-hydrogen) atoms. The first-order chi connectivity index (χ1) is 7.57. The van der Waals surface area contributed by atoms with Crippen molar-refractivity contribution in [3.05, 3.63) is 16.4 Å². The van der Waals surface area contributed by atoms with E-state index in [1.165, 1.54) is 0 Å². The summed E-state index contributed by atoms with van der Waals surface area (Å²) in [6, 6.07) is 0. The van der Waals surface area contributed by atoms with E-state index in [0.29, 0.717) is 5.92 Å². The van der Waals surface area contributed by atoms with Gasteiger partial charge in [-0.2, -0.15) is 16.9 Å². The van der Waals surface area contributed by atoms with Crippen LogP contribution in [0.3, 0.4) is 0 Å². The number of nitrogens with one attached hydrogen (secondary N) is 1. The molecule has 0 atom stereocenters. The average molecular weight is 262 g/mol. The van der Waals surface area contributed by atoms with E-state index >= 15 is 0 Å². The highest BCUT2D eigenvalue weighted by Gasteiger charge is 2.16. The maximum Gasteiger partial charge on any atom is 0.131 e. The second-order valence-electron chi connectivity index (χ2n) is 4.10. The van der Waals surface area contributed by atoms with Crippen LogP contribution in [0.1, 0.15) is 31.0 Å². The van der Waals surface area contributed by atoms with E-state index in [1.54, 1.807) is 4.68 Å². The maximum atomic E-state index is 6.23. The molecule has 0 amide bonds. The quantitative estimate of drug-likeness (QED) is 0.799. The first kappa shape index (κ1) is 13.9. The summed E-state index contributed by atoms with van der Waals surface area (Å²) in [5, 5.41) is 8.59. The molecule has 1 aromatic rings. The van der Waals surface area contributed by atoms with Gasteiger partial charge in [0.1, 0.15) is 5.15 Å². The summed E-state index contributed by atoms with van der Waals surface area (Å²) in [6.45, 7) is 6.10. The first-order valence-corrected chi connectivity index (χ1v) is 7.26. The Morgan fingerprint density at radius 3 is 2.75 bits per heavy atom. The van der Waals surface area contributed by atoms with Crippen molar-refractivity contribution < 1.29 is 0 Å². The maximum absolute atomic E-state index is 6.23. The standard InChI is InChI=1S/C11H20ClN3S/c1-8(2)10-9(7-13-5-6-16-4)11(12)15(3)14-10/h8,13H,5-7H2,1-4H3. The minimum absolute atomic E-state index is 0.413. The van der Waals surface area contributed by atoms with Crippen molar-refractivity contribution in [3.63, 3.8) is 0 Å². The van der Waals surface area contributed by atoms with Crippen molar-refractivity contribution in [2.75, 3.05) is 18.6 Å². The molecule has 5 heteroatoms. The van der Waals surface area contributed by atoms with Gasteiger partial charge in [0, 0.05) is 31.5 Å². The third kappa shape index (κ3) is 3.40. The Bertz CT molecular complexity index is 336. The van der Waals surface area contributed by atoms with Gasteiger partial charge < -0.3 is 5.32 Å². The van der Waals surface area contributed by atoms with Crippen LogP contribution in [-0.2, 0) is 13.6 Å². The number of aromatic nitrogens is 2. The number of aryl methyl sites for hydroxylation is 1. The highest BCUT2D eigenvalue weighted by Crippen LogP contribution is 2.24. The van der Waals surface area contributed by atoms with Gasteiger partial charge >= 0.3 is 0 Å². The minimum atomic E-state index is 0.413. The Kier molecular flexibility index (Phi) is 5.66. The topological polar surface area (TPSA) is 29.9 Å². The highest BCUT2D eigenvalue weighted by molar-refractivity contribution is 7.98. The summed E-state index contributed by atoms with van der Waals surface area (Å²) >= 11 is 8.07. The van der Waals surface area contributed by atoms with E-state index in [0.717, 1.165) is 35.3 Å². The molecule has 0 aliphatic carbocycles. The van der Waals surface area contributed by atoms with E-state index in [1.807, 2.05) is 18.8 Å². The van der Waals surface area contributed by atoms with Crippen molar-refractivity contribution in [2.45, 2.75) is 26.3 Å². The Hall–Kier alpha value is -0.190. The number of hydrogen-bond donors (Lipinski definition) is 1. The third-order valence-electron chi connectivity index (χ3n) is 2.43. The van der Waals surface area contributed by atoms with Crippen molar-refractivity contribution in [1.29, 1.82) is 0 Å². The number of hydrogen-bond acceptors (Lipinski definition) is 3. The van der Waals surface area contributed by atoms with Crippen LogP contribution in [0.5, 0.6) is 0 Å². The number of nitrogens with zero attached hydrogens (tertiary/aromatic N) is 2. The molecular weight excluding hydrogens is 242 g/mol. The molecule has 0 unspecified atom stereocenters. The zero-order valence-electron chi connectivity index (χ0n) is 10.4. The molecule has 92 valence electrons. The molecular formula is C11H20ClN3S. The zero-order chi connectivity index (χ0) is 12.1. The smallest absolute Gasteiger partial charge is 0.131 e. The van der Waals surface area contributed by atoms with Gasteiger partial charge in [0.15, 0.2) is 0 Å². The summed E-state index contributed by atoms with van der Waals surface area (Å²) in [5.41, 5.74) is 2.24. The summed E-state index contributed by atoms with van der Waals surface area (Å²) in [7, 11) is 1.89. The van der Waals surface area contributed by atoms with Crippen LogP contribution < -0.4 is 5.32 Å². The lowest BCUT2D eigenvalue weighted by atomic mass is 10.1. The van der Waals surface area contributed by atoms with Crippen LogP contribution >= 0.6 is 23.4 Å². The fraction of sp³-hybridized carbons (Fsp3) is 0.727. The molecule has 1 aromatic heterocycles. The fourth-order valence-corrected chi connectivity index (χ4v) is 2.13. The van der Waals surface area contributed by atoms with Crippen LogP contribution in [0.2, 0.25) is 5.15 Å². The summed E-state index contributed by atoms with van der Waals surface area (Å²) in [5.74, 6) is 1.53. The van der Waals surface area contributed by atoms with Gasteiger partial charge in [0.2, 0.25) is 0 Å². The molecule has 0 bridgehead atoms. The van der Waals surface area contributed by atoms with Crippen LogP contribution in [-0.4, -0.2) is 28.3 Å². The molecule has 0 spiro atoms. The van der Waals surface area contributed by atoms with E-state index in [-0.39, 0.29) is 0 Å². The van der Waals surface area contributed by atoms with Crippen molar-refractivity contribution in [1.82, 2.24) is 15.1 Å². The highest BCUT2D eigenvalue weighted by atomic mass is 35.5. The number of rotatable bonds is 6. The van der Waals surface area contributed by atoms with Crippen LogP contribution in [0, 0.1) is 0 Å². The number of halogens is 1. The number of thioether (sulfide) groups is 1. The van der Waals surface area contributed by atoms with Crippen molar-refractivity contribution in [3.8, 4) is 0 Å².